The summed E-state index contributed by atoms with van der Waals surface area (Å²) in [6, 6.07) is -1.97. The van der Waals surface area contributed by atoms with Crippen molar-refractivity contribution in [1.82, 2.24) is 15.0 Å². The second kappa shape index (κ2) is 9.14. The van der Waals surface area contributed by atoms with Crippen molar-refractivity contribution < 1.29 is 43.7 Å². The molecular weight excluding hydrogens is 330 g/mol. The highest BCUT2D eigenvalue weighted by atomic mass is 17.2. The third-order valence-electron chi connectivity index (χ3n) is 1.67. The summed E-state index contributed by atoms with van der Waals surface area (Å²) in [5, 5.41) is 0. The molecule has 0 radical (unpaired) electrons. The van der Waals surface area contributed by atoms with Crippen molar-refractivity contribution in [2.75, 3.05) is 0 Å². The Bertz CT molecular complexity index is 571. The van der Waals surface area contributed by atoms with E-state index in [0.29, 0.717) is 0 Å². The summed E-state index contributed by atoms with van der Waals surface area (Å²) in [4.78, 5) is 69.1. The minimum absolute atomic E-state index is 0.658. The summed E-state index contributed by atoms with van der Waals surface area (Å²) in [5.41, 5.74) is 0. The van der Waals surface area contributed by atoms with E-state index in [4.69, 9.17) is 0 Å². The Morgan fingerprint density at radius 2 is 0.875 bits per heavy atom. The lowest BCUT2D eigenvalue weighted by atomic mass is 10.7. The highest BCUT2D eigenvalue weighted by Crippen LogP contribution is 2.15. The molecule has 0 aromatic carbocycles. The highest BCUT2D eigenvalue weighted by Gasteiger charge is 2.16. The Morgan fingerprint density at radius 1 is 0.625 bits per heavy atom. The zero-order valence-corrected chi connectivity index (χ0v) is 11.9. The maximum absolute atomic E-state index is 10.9. The van der Waals surface area contributed by atoms with Crippen LogP contribution in [0.1, 0.15) is 0 Å². The van der Waals surface area contributed by atoms with Gasteiger partial charge in [-0.2, -0.15) is 0 Å². The Hall–Kier alpha value is -3.96. The second-order valence-electron chi connectivity index (χ2n) is 3.25. The molecule has 0 atom stereocenters. The van der Waals surface area contributed by atoms with Gasteiger partial charge in [-0.3, -0.25) is 0 Å². The first-order chi connectivity index (χ1) is 11.5. The zero-order valence-electron chi connectivity index (χ0n) is 11.9. The fourth-order valence-electron chi connectivity index (χ4n) is 0.769. The van der Waals surface area contributed by atoms with Gasteiger partial charge in [-0.25, -0.2) is 43.7 Å². The number of aromatic nitrogens is 3. The number of carbonyl (C=O) groups excluding carboxylic acids is 3. The van der Waals surface area contributed by atoms with Crippen LogP contribution in [0.2, 0.25) is 0 Å². The third kappa shape index (κ3) is 6.21. The van der Waals surface area contributed by atoms with Gasteiger partial charge < -0.3 is 0 Å². The number of nitrogens with zero attached hydrogens (tertiary/aromatic N) is 3. The molecule has 0 unspecified atom stereocenters. The SMILES string of the molecule is C=CC(=O)OOc1nc(OOC(=O)C=C)nc(OOC(=O)C=C)n1. The fourth-order valence-corrected chi connectivity index (χ4v) is 0.769. The van der Waals surface area contributed by atoms with Crippen LogP contribution in [0.25, 0.3) is 0 Å². The fraction of sp³-hybridized carbons (Fsp3) is 0. The summed E-state index contributed by atoms with van der Waals surface area (Å²) >= 11 is 0. The van der Waals surface area contributed by atoms with Crippen LogP contribution in [0.15, 0.2) is 38.0 Å². The van der Waals surface area contributed by atoms with Gasteiger partial charge in [0.2, 0.25) is 0 Å². The van der Waals surface area contributed by atoms with E-state index in [1.807, 2.05) is 0 Å². The van der Waals surface area contributed by atoms with Crippen LogP contribution < -0.4 is 14.7 Å². The van der Waals surface area contributed by atoms with Crippen molar-refractivity contribution in [2.45, 2.75) is 0 Å². The van der Waals surface area contributed by atoms with Gasteiger partial charge in [0.25, 0.3) is 0 Å². The topological polar surface area (TPSA) is 145 Å². The number of hydrogen-bond acceptors (Lipinski definition) is 12. The molecule has 24 heavy (non-hydrogen) atoms. The molecule has 0 saturated heterocycles. The van der Waals surface area contributed by atoms with Crippen LogP contribution in [0.5, 0.6) is 18.0 Å². The van der Waals surface area contributed by atoms with E-state index in [9.17, 15) is 14.4 Å². The molecule has 0 aliphatic rings. The molecular formula is C12H9N3O9. The molecule has 0 saturated carbocycles. The first-order valence-electron chi connectivity index (χ1n) is 5.77. The normalized spacial score (nSPS) is 9.00. The van der Waals surface area contributed by atoms with E-state index in [1.165, 1.54) is 0 Å². The highest BCUT2D eigenvalue weighted by molar-refractivity contribution is 5.81. The predicted octanol–water partition coefficient (Wildman–Crippen LogP) is -0.0594. The van der Waals surface area contributed by atoms with Crippen LogP contribution in [0.3, 0.4) is 0 Å². The lowest BCUT2D eigenvalue weighted by Crippen LogP contribution is -2.12. The van der Waals surface area contributed by atoms with Gasteiger partial charge in [0, 0.05) is 18.2 Å². The Kier molecular flexibility index (Phi) is 6.89. The molecule has 12 nitrogen and oxygen atoms in total. The van der Waals surface area contributed by atoms with E-state index in [1.54, 1.807) is 0 Å². The van der Waals surface area contributed by atoms with E-state index >= 15 is 0 Å². The van der Waals surface area contributed by atoms with Gasteiger partial charge in [-0.15, -0.1) is 15.0 Å². The zero-order chi connectivity index (χ0) is 17.9. The van der Waals surface area contributed by atoms with E-state index in [2.05, 4.69) is 64.0 Å². The van der Waals surface area contributed by atoms with Crippen molar-refractivity contribution in [3.8, 4) is 18.0 Å². The quantitative estimate of drug-likeness (QED) is 0.337. The van der Waals surface area contributed by atoms with Crippen molar-refractivity contribution in [1.29, 1.82) is 0 Å². The molecule has 0 amide bonds. The average Bonchev–Trinajstić information content (AvgIpc) is 2.61. The van der Waals surface area contributed by atoms with Gasteiger partial charge >= 0.3 is 35.9 Å². The van der Waals surface area contributed by atoms with Gasteiger partial charge in [0.15, 0.2) is 0 Å². The Labute approximate surface area is 133 Å². The van der Waals surface area contributed by atoms with Crippen LogP contribution >= 0.6 is 0 Å². The van der Waals surface area contributed by atoms with E-state index in [-0.39, 0.29) is 0 Å². The van der Waals surface area contributed by atoms with Crippen molar-refractivity contribution >= 4 is 17.9 Å². The number of hydrogen-bond donors (Lipinski definition) is 0. The molecule has 12 heteroatoms. The summed E-state index contributed by atoms with van der Waals surface area (Å²) in [6.07, 6.45) is 2.40. The summed E-state index contributed by atoms with van der Waals surface area (Å²) in [5.74, 6) is -2.88. The van der Waals surface area contributed by atoms with E-state index < -0.39 is 35.9 Å². The van der Waals surface area contributed by atoms with Gasteiger partial charge in [-0.05, 0) is 0 Å². The minimum atomic E-state index is -0.962. The van der Waals surface area contributed by atoms with Crippen molar-refractivity contribution in [3.63, 3.8) is 0 Å². The monoisotopic (exact) mass is 339 g/mol. The molecule has 0 fully saturated rings. The number of carbonyl (C=O) groups is 3. The van der Waals surface area contributed by atoms with E-state index in [0.717, 1.165) is 18.2 Å². The lowest BCUT2D eigenvalue weighted by Gasteiger charge is -2.05. The summed E-state index contributed by atoms with van der Waals surface area (Å²) in [7, 11) is 0. The van der Waals surface area contributed by atoms with Gasteiger partial charge in [-0.1, -0.05) is 19.7 Å². The second-order valence-corrected chi connectivity index (χ2v) is 3.25. The molecule has 126 valence electrons. The molecule has 0 bridgehead atoms. The molecule has 0 aliphatic carbocycles. The standard InChI is InChI=1S/C12H9N3O9/c1-4-7(16)19-22-10-13-11(23-20-8(17)5-2)15-12(14-10)24-21-9(18)6-3/h4-6H,1-3H2. The van der Waals surface area contributed by atoms with Crippen LogP contribution in [-0.4, -0.2) is 32.9 Å². The number of rotatable bonds is 9. The minimum Gasteiger partial charge on any atom is -0.243 e. The lowest BCUT2D eigenvalue weighted by molar-refractivity contribution is -0.221. The average molecular weight is 339 g/mol. The molecule has 1 aromatic heterocycles. The molecule has 1 heterocycles. The van der Waals surface area contributed by atoms with Crippen LogP contribution in [0, 0.1) is 0 Å². The third-order valence-corrected chi connectivity index (χ3v) is 1.67. The van der Waals surface area contributed by atoms with Crippen LogP contribution in [-0.2, 0) is 29.0 Å². The molecule has 0 N–H and O–H groups in total. The maximum atomic E-state index is 10.9. The maximum Gasteiger partial charge on any atom is 0.378 e. The molecule has 0 spiro atoms. The Morgan fingerprint density at radius 3 is 1.08 bits per heavy atom. The van der Waals surface area contributed by atoms with Gasteiger partial charge in [0.1, 0.15) is 0 Å². The summed E-state index contributed by atoms with van der Waals surface area (Å²) < 4.78 is 0. The van der Waals surface area contributed by atoms with Crippen molar-refractivity contribution in [3.05, 3.63) is 38.0 Å². The first-order valence-corrected chi connectivity index (χ1v) is 5.77. The Balaban J connectivity index is 2.90. The van der Waals surface area contributed by atoms with Gasteiger partial charge in [0.05, 0.1) is 0 Å². The largest absolute Gasteiger partial charge is 0.378 e. The van der Waals surface area contributed by atoms with Crippen LogP contribution in [0.4, 0.5) is 0 Å². The first kappa shape index (κ1) is 18.1. The summed E-state index contributed by atoms with van der Waals surface area (Å²) in [6.45, 7) is 9.40. The van der Waals surface area contributed by atoms with Crippen molar-refractivity contribution in [2.24, 2.45) is 0 Å². The predicted molar refractivity (Wildman–Crippen MR) is 70.6 cm³/mol. The smallest absolute Gasteiger partial charge is 0.243 e. The molecule has 0 aliphatic heterocycles. The molecule has 1 rings (SSSR count). The molecule has 1 aromatic rings.